The number of thioether (sulfide) groups is 1. The quantitative estimate of drug-likeness (QED) is 0.795. The molecule has 1 amide bonds. The number of nitrogens with two attached hydrogens (primary N) is 1. The van der Waals surface area contributed by atoms with Gasteiger partial charge in [0.2, 0.25) is 5.91 Å². The van der Waals surface area contributed by atoms with Crippen molar-refractivity contribution in [1.29, 1.82) is 0 Å². The second-order valence-corrected chi connectivity index (χ2v) is 5.49. The monoisotopic (exact) mass is 230 g/mol. The zero-order valence-corrected chi connectivity index (χ0v) is 10.6. The van der Waals surface area contributed by atoms with Gasteiger partial charge in [0.05, 0.1) is 6.04 Å². The number of rotatable bonds is 4. The fourth-order valence-electron chi connectivity index (χ4n) is 1.84. The Bertz CT molecular complexity index is 211. The largest absolute Gasteiger partial charge is 0.339 e. The number of hydrogen-bond acceptors (Lipinski definition) is 3. The van der Waals surface area contributed by atoms with Gasteiger partial charge in [-0.3, -0.25) is 4.79 Å². The molecule has 15 heavy (non-hydrogen) atoms. The Morgan fingerprint density at radius 2 is 2.33 bits per heavy atom. The van der Waals surface area contributed by atoms with Crippen LogP contribution in [-0.4, -0.2) is 40.9 Å². The summed E-state index contributed by atoms with van der Waals surface area (Å²) in [6.45, 7) is 6.00. The van der Waals surface area contributed by atoms with Crippen molar-refractivity contribution in [1.82, 2.24) is 4.90 Å². The molecule has 2 N–H and O–H groups in total. The highest BCUT2D eigenvalue weighted by molar-refractivity contribution is 8.00. The fourth-order valence-corrected chi connectivity index (χ4v) is 3.02. The molecule has 1 saturated heterocycles. The Labute approximate surface area is 96.8 Å². The lowest BCUT2D eigenvalue weighted by atomic mass is 10.1. The molecule has 1 aliphatic rings. The van der Waals surface area contributed by atoms with Crippen molar-refractivity contribution < 1.29 is 4.79 Å². The molecule has 2 unspecified atom stereocenters. The molecule has 1 heterocycles. The summed E-state index contributed by atoms with van der Waals surface area (Å²) in [5, 5.41) is 0.608. The molecule has 1 rings (SSSR count). The number of hydrogen-bond donors (Lipinski definition) is 1. The van der Waals surface area contributed by atoms with Crippen LogP contribution >= 0.6 is 11.8 Å². The molecular weight excluding hydrogens is 208 g/mol. The fraction of sp³-hybridized carbons (Fsp3) is 0.909. The van der Waals surface area contributed by atoms with Crippen LogP contribution < -0.4 is 5.73 Å². The lowest BCUT2D eigenvalue weighted by Gasteiger charge is -2.33. The maximum atomic E-state index is 11.9. The minimum absolute atomic E-state index is 0.149. The van der Waals surface area contributed by atoms with Crippen molar-refractivity contribution in [3.63, 3.8) is 0 Å². The van der Waals surface area contributed by atoms with E-state index in [0.29, 0.717) is 5.25 Å². The first-order chi connectivity index (χ1) is 7.19. The summed E-state index contributed by atoms with van der Waals surface area (Å²) < 4.78 is 0. The third kappa shape index (κ3) is 3.68. The summed E-state index contributed by atoms with van der Waals surface area (Å²) in [7, 11) is 0. The van der Waals surface area contributed by atoms with Crippen LogP contribution in [0.4, 0.5) is 0 Å². The first-order valence-electron chi connectivity index (χ1n) is 5.85. The highest BCUT2D eigenvalue weighted by Gasteiger charge is 2.25. The zero-order valence-electron chi connectivity index (χ0n) is 9.74. The van der Waals surface area contributed by atoms with Gasteiger partial charge in [0.25, 0.3) is 0 Å². The van der Waals surface area contributed by atoms with E-state index in [-0.39, 0.29) is 11.9 Å². The van der Waals surface area contributed by atoms with Gasteiger partial charge in [-0.25, -0.2) is 0 Å². The maximum absolute atomic E-state index is 11.9. The smallest absolute Gasteiger partial charge is 0.239 e. The number of carbonyl (C=O) groups is 1. The second kappa shape index (κ2) is 6.38. The molecule has 1 fully saturated rings. The predicted octanol–water partition coefficient (Wildman–Crippen LogP) is 1.47. The van der Waals surface area contributed by atoms with Gasteiger partial charge in [0.15, 0.2) is 0 Å². The number of nitrogens with zero attached hydrogens (tertiary/aromatic N) is 1. The second-order valence-electron chi connectivity index (χ2n) is 4.08. The molecule has 4 heteroatoms. The summed E-state index contributed by atoms with van der Waals surface area (Å²) in [5.41, 5.74) is 5.85. The average Bonchev–Trinajstić information content (AvgIpc) is 2.28. The van der Waals surface area contributed by atoms with Gasteiger partial charge in [-0.05, 0) is 12.8 Å². The van der Waals surface area contributed by atoms with E-state index >= 15 is 0 Å². The first-order valence-corrected chi connectivity index (χ1v) is 6.89. The molecule has 0 aromatic heterocycles. The van der Waals surface area contributed by atoms with E-state index in [0.717, 1.165) is 38.1 Å². The molecule has 0 spiro atoms. The van der Waals surface area contributed by atoms with E-state index in [4.69, 9.17) is 5.73 Å². The van der Waals surface area contributed by atoms with Crippen LogP contribution in [0.1, 0.15) is 33.1 Å². The van der Waals surface area contributed by atoms with Gasteiger partial charge >= 0.3 is 0 Å². The van der Waals surface area contributed by atoms with Crippen LogP contribution in [0, 0.1) is 0 Å². The molecule has 0 aliphatic carbocycles. The van der Waals surface area contributed by atoms with E-state index < -0.39 is 0 Å². The molecule has 0 aromatic rings. The predicted molar refractivity (Wildman–Crippen MR) is 66.0 cm³/mol. The third-order valence-electron chi connectivity index (χ3n) is 2.82. The van der Waals surface area contributed by atoms with E-state index in [1.54, 1.807) is 0 Å². The highest BCUT2D eigenvalue weighted by Crippen LogP contribution is 2.21. The zero-order chi connectivity index (χ0) is 11.3. The molecule has 0 radical (unpaired) electrons. The van der Waals surface area contributed by atoms with Crippen molar-refractivity contribution in [2.75, 3.05) is 18.8 Å². The van der Waals surface area contributed by atoms with Crippen LogP contribution in [0.5, 0.6) is 0 Å². The minimum Gasteiger partial charge on any atom is -0.339 e. The number of amides is 1. The van der Waals surface area contributed by atoms with Crippen LogP contribution in [0.25, 0.3) is 0 Å². The summed E-state index contributed by atoms with van der Waals surface area (Å²) in [6, 6.07) is -0.282. The van der Waals surface area contributed by atoms with Crippen LogP contribution in [0.2, 0.25) is 0 Å². The van der Waals surface area contributed by atoms with E-state index in [2.05, 4.69) is 13.8 Å². The van der Waals surface area contributed by atoms with Gasteiger partial charge < -0.3 is 10.6 Å². The Balaban J connectivity index is 2.44. The van der Waals surface area contributed by atoms with Gasteiger partial charge in [-0.1, -0.05) is 20.3 Å². The van der Waals surface area contributed by atoms with Crippen molar-refractivity contribution in [2.24, 2.45) is 5.73 Å². The van der Waals surface area contributed by atoms with E-state index in [1.165, 1.54) is 0 Å². The van der Waals surface area contributed by atoms with E-state index in [1.807, 2.05) is 16.7 Å². The lowest BCUT2D eigenvalue weighted by molar-refractivity contribution is -0.132. The average molecular weight is 230 g/mol. The van der Waals surface area contributed by atoms with Crippen molar-refractivity contribution in [2.45, 2.75) is 44.4 Å². The van der Waals surface area contributed by atoms with Crippen molar-refractivity contribution in [3.8, 4) is 0 Å². The normalized spacial score (nSPS) is 23.9. The molecular formula is C11H22N2OS. The summed E-state index contributed by atoms with van der Waals surface area (Å²) in [5.74, 6) is 1.21. The standard InChI is InChI=1S/C11H22N2OS/c1-3-5-10(12)11(14)13-6-7-15-9(4-2)8-13/h9-10H,3-8,12H2,1-2H3. The Morgan fingerprint density at radius 3 is 2.93 bits per heavy atom. The first kappa shape index (κ1) is 12.8. The highest BCUT2D eigenvalue weighted by atomic mass is 32.2. The van der Waals surface area contributed by atoms with Crippen LogP contribution in [-0.2, 0) is 4.79 Å². The molecule has 2 atom stereocenters. The molecule has 0 saturated carbocycles. The van der Waals surface area contributed by atoms with Crippen LogP contribution in [0.3, 0.4) is 0 Å². The molecule has 88 valence electrons. The molecule has 0 bridgehead atoms. The maximum Gasteiger partial charge on any atom is 0.239 e. The topological polar surface area (TPSA) is 46.3 Å². The summed E-state index contributed by atoms with van der Waals surface area (Å²) in [4.78, 5) is 13.9. The van der Waals surface area contributed by atoms with Crippen molar-refractivity contribution in [3.05, 3.63) is 0 Å². The Kier molecular flexibility index (Phi) is 5.47. The van der Waals surface area contributed by atoms with Gasteiger partial charge in [0.1, 0.15) is 0 Å². The van der Waals surface area contributed by atoms with Crippen molar-refractivity contribution >= 4 is 17.7 Å². The third-order valence-corrected chi connectivity index (χ3v) is 4.19. The minimum atomic E-state index is -0.282. The Hall–Kier alpha value is -0.220. The summed E-state index contributed by atoms with van der Waals surface area (Å²) in [6.07, 6.45) is 2.92. The summed E-state index contributed by atoms with van der Waals surface area (Å²) >= 11 is 1.97. The number of carbonyl (C=O) groups excluding carboxylic acids is 1. The van der Waals surface area contributed by atoms with E-state index in [9.17, 15) is 4.79 Å². The molecule has 0 aromatic carbocycles. The lowest BCUT2D eigenvalue weighted by Crippen LogP contribution is -2.49. The molecule has 3 nitrogen and oxygen atoms in total. The molecule has 1 aliphatic heterocycles. The SMILES string of the molecule is CCCC(N)C(=O)N1CCSC(CC)C1. The van der Waals surface area contributed by atoms with Gasteiger partial charge in [-0.2, -0.15) is 11.8 Å². The van der Waals surface area contributed by atoms with Gasteiger partial charge in [0, 0.05) is 24.1 Å². The van der Waals surface area contributed by atoms with Crippen LogP contribution in [0.15, 0.2) is 0 Å². The van der Waals surface area contributed by atoms with Gasteiger partial charge in [-0.15, -0.1) is 0 Å². The Morgan fingerprint density at radius 1 is 1.60 bits per heavy atom.